The number of nitrogens with zero attached hydrogens (tertiary/aromatic N) is 1. The predicted octanol–water partition coefficient (Wildman–Crippen LogP) is 3.44. The Bertz CT molecular complexity index is 587. The van der Waals surface area contributed by atoms with Crippen molar-refractivity contribution in [1.29, 1.82) is 0 Å². The number of ether oxygens (including phenoxy) is 1. The molecule has 3 rings (SSSR count). The summed E-state index contributed by atoms with van der Waals surface area (Å²) in [5, 5.41) is 0. The first kappa shape index (κ1) is 16.8. The molecule has 1 saturated carbocycles. The fourth-order valence-electron chi connectivity index (χ4n) is 2.62. The summed E-state index contributed by atoms with van der Waals surface area (Å²) in [5.41, 5.74) is 1.14. The van der Waals surface area contributed by atoms with Gasteiger partial charge in [-0.2, -0.15) is 0 Å². The van der Waals surface area contributed by atoms with Crippen LogP contribution in [0.25, 0.3) is 0 Å². The van der Waals surface area contributed by atoms with Crippen molar-refractivity contribution < 1.29 is 14.0 Å². The summed E-state index contributed by atoms with van der Waals surface area (Å²) in [6.07, 6.45) is 2.41. The van der Waals surface area contributed by atoms with Crippen LogP contribution in [0, 0.1) is 0 Å². The molecule has 0 radical (unpaired) electrons. The summed E-state index contributed by atoms with van der Waals surface area (Å²) in [4.78, 5) is 4.69. The van der Waals surface area contributed by atoms with Crippen LogP contribution in [0.1, 0.15) is 72.9 Å². The normalized spacial score (nSPS) is 23.2. The van der Waals surface area contributed by atoms with Crippen molar-refractivity contribution in [3.63, 3.8) is 0 Å². The number of hydrogen-bond acceptors (Lipinski definition) is 4. The molecule has 0 spiro atoms. The van der Waals surface area contributed by atoms with Gasteiger partial charge in [-0.25, -0.2) is 4.98 Å². The van der Waals surface area contributed by atoms with E-state index in [0.717, 1.165) is 11.2 Å². The highest BCUT2D eigenvalue weighted by Gasteiger charge is 2.52. The lowest BCUT2D eigenvalue weighted by atomic mass is 9.79. The Labute approximate surface area is 140 Å². The predicted molar refractivity (Wildman–Crippen MR) is 92.3 cm³/mol. The summed E-state index contributed by atoms with van der Waals surface area (Å²) in [5.74, 6) is 1.21. The minimum atomic E-state index is -0.372. The van der Waals surface area contributed by atoms with E-state index in [-0.39, 0.29) is 23.9 Å². The number of rotatable bonds is 3. The molecule has 0 atom stereocenters. The first-order valence-electron chi connectivity index (χ1n) is 8.53. The molecule has 5 heteroatoms. The zero-order chi connectivity index (χ0) is 17.0. The molecule has 2 fully saturated rings. The molecular weight excluding hydrogens is 289 g/mol. The van der Waals surface area contributed by atoms with Gasteiger partial charge < -0.3 is 14.0 Å². The van der Waals surface area contributed by atoms with Gasteiger partial charge in [0.25, 0.3) is 0 Å². The molecule has 2 heterocycles. The maximum atomic E-state index is 6.18. The summed E-state index contributed by atoms with van der Waals surface area (Å²) in [6, 6.07) is 4.08. The summed E-state index contributed by atoms with van der Waals surface area (Å²) in [6.45, 7) is 14.4. The van der Waals surface area contributed by atoms with Gasteiger partial charge in [-0.1, -0.05) is 0 Å². The lowest BCUT2D eigenvalue weighted by Crippen LogP contribution is -2.41. The van der Waals surface area contributed by atoms with E-state index in [1.54, 1.807) is 0 Å². The van der Waals surface area contributed by atoms with Crippen LogP contribution in [0.15, 0.2) is 12.1 Å². The lowest BCUT2D eigenvalue weighted by molar-refractivity contribution is 0.00578. The monoisotopic (exact) mass is 317 g/mol. The highest BCUT2D eigenvalue weighted by molar-refractivity contribution is 6.62. The molecule has 0 N–H and O–H groups in total. The minimum Gasteiger partial charge on any atom is -0.472 e. The Morgan fingerprint density at radius 2 is 1.65 bits per heavy atom. The molecule has 1 aliphatic heterocycles. The first-order valence-corrected chi connectivity index (χ1v) is 8.53. The minimum absolute atomic E-state index is 0.275. The summed E-state index contributed by atoms with van der Waals surface area (Å²) in [7, 11) is -0.372. The lowest BCUT2D eigenvalue weighted by Gasteiger charge is -2.32. The molecule has 2 aliphatic rings. The van der Waals surface area contributed by atoms with Gasteiger partial charge in [-0.05, 0) is 72.8 Å². The third kappa shape index (κ3) is 3.56. The van der Waals surface area contributed by atoms with Crippen molar-refractivity contribution in [2.45, 2.75) is 84.0 Å². The van der Waals surface area contributed by atoms with Crippen LogP contribution in [0.3, 0.4) is 0 Å². The van der Waals surface area contributed by atoms with E-state index < -0.39 is 0 Å². The second kappa shape index (κ2) is 5.22. The van der Waals surface area contributed by atoms with Crippen LogP contribution >= 0.6 is 0 Å². The highest BCUT2D eigenvalue weighted by atomic mass is 16.7. The molecule has 1 aromatic rings. The van der Waals surface area contributed by atoms with E-state index >= 15 is 0 Å². The molecule has 1 aromatic heterocycles. The molecule has 1 saturated heterocycles. The van der Waals surface area contributed by atoms with E-state index in [1.807, 2.05) is 26.8 Å². The topological polar surface area (TPSA) is 40.6 Å². The van der Waals surface area contributed by atoms with Crippen molar-refractivity contribution in [2.75, 3.05) is 0 Å². The zero-order valence-corrected chi connectivity index (χ0v) is 15.4. The van der Waals surface area contributed by atoms with Crippen LogP contribution < -0.4 is 10.2 Å². The Balaban J connectivity index is 1.93. The average molecular weight is 317 g/mol. The fourth-order valence-corrected chi connectivity index (χ4v) is 2.62. The number of pyridine rings is 1. The van der Waals surface area contributed by atoms with Crippen molar-refractivity contribution in [3.8, 4) is 5.88 Å². The second-order valence-electron chi connectivity index (χ2n) is 8.74. The molecule has 0 amide bonds. The van der Waals surface area contributed by atoms with Crippen molar-refractivity contribution in [2.24, 2.45) is 0 Å². The van der Waals surface area contributed by atoms with E-state index in [4.69, 9.17) is 19.0 Å². The summed E-state index contributed by atoms with van der Waals surface area (Å²) < 4.78 is 18.4. The molecule has 126 valence electrons. The van der Waals surface area contributed by atoms with Crippen LogP contribution in [-0.2, 0) is 9.31 Å². The van der Waals surface area contributed by atoms with Gasteiger partial charge >= 0.3 is 7.12 Å². The van der Waals surface area contributed by atoms with E-state index in [0.29, 0.717) is 11.8 Å². The molecule has 23 heavy (non-hydrogen) atoms. The highest BCUT2D eigenvalue weighted by Crippen LogP contribution is 2.40. The smallest absolute Gasteiger partial charge is 0.472 e. The largest absolute Gasteiger partial charge is 0.495 e. The SMILES string of the molecule is CC(C)(C)Oc1cc(B2OC(C)(C)C(C)(C)O2)cc(C2CC2)n1. The van der Waals surface area contributed by atoms with Crippen LogP contribution in [-0.4, -0.2) is 28.9 Å². The Morgan fingerprint density at radius 3 is 2.13 bits per heavy atom. The Morgan fingerprint density at radius 1 is 1.09 bits per heavy atom. The molecule has 0 unspecified atom stereocenters. The quantitative estimate of drug-likeness (QED) is 0.801. The van der Waals surface area contributed by atoms with Gasteiger partial charge in [0.1, 0.15) is 5.60 Å². The molecule has 0 aromatic carbocycles. The third-order valence-corrected chi connectivity index (χ3v) is 4.78. The van der Waals surface area contributed by atoms with Gasteiger partial charge in [0.2, 0.25) is 5.88 Å². The molecular formula is C18H28BNO3. The Hall–Kier alpha value is -1.07. The maximum absolute atomic E-state index is 6.18. The standard InChI is InChI=1S/C18H28BNO3/c1-16(2,3)21-15-11-13(10-14(20-15)12-8-9-12)19-22-17(4,5)18(6,7)23-19/h10-12H,8-9H2,1-7H3. The first-order chi connectivity index (χ1) is 10.5. The molecule has 1 aliphatic carbocycles. The second-order valence-corrected chi connectivity index (χ2v) is 8.74. The van der Waals surface area contributed by atoms with Gasteiger partial charge in [0.05, 0.1) is 11.2 Å². The van der Waals surface area contributed by atoms with Gasteiger partial charge in [0, 0.05) is 17.7 Å². The van der Waals surface area contributed by atoms with E-state index in [9.17, 15) is 0 Å². The van der Waals surface area contributed by atoms with Gasteiger partial charge in [0.15, 0.2) is 0 Å². The molecule has 0 bridgehead atoms. The van der Waals surface area contributed by atoms with Crippen LogP contribution in [0.2, 0.25) is 0 Å². The van der Waals surface area contributed by atoms with Crippen molar-refractivity contribution in [3.05, 3.63) is 17.8 Å². The van der Waals surface area contributed by atoms with Crippen LogP contribution in [0.4, 0.5) is 0 Å². The van der Waals surface area contributed by atoms with E-state index in [1.165, 1.54) is 12.8 Å². The maximum Gasteiger partial charge on any atom is 0.495 e. The van der Waals surface area contributed by atoms with Crippen molar-refractivity contribution >= 4 is 12.6 Å². The summed E-state index contributed by atoms with van der Waals surface area (Å²) >= 11 is 0. The fraction of sp³-hybridized carbons (Fsp3) is 0.722. The number of hydrogen-bond donors (Lipinski definition) is 0. The third-order valence-electron chi connectivity index (χ3n) is 4.78. The van der Waals surface area contributed by atoms with Gasteiger partial charge in [-0.3, -0.25) is 0 Å². The zero-order valence-electron chi connectivity index (χ0n) is 15.4. The molecule has 4 nitrogen and oxygen atoms in total. The van der Waals surface area contributed by atoms with Crippen LogP contribution in [0.5, 0.6) is 5.88 Å². The Kier molecular flexibility index (Phi) is 3.81. The average Bonchev–Trinajstić information content (AvgIpc) is 3.15. The number of aromatic nitrogens is 1. The van der Waals surface area contributed by atoms with E-state index in [2.05, 4.69) is 33.8 Å². The van der Waals surface area contributed by atoms with Gasteiger partial charge in [-0.15, -0.1) is 0 Å². The van der Waals surface area contributed by atoms with Crippen molar-refractivity contribution in [1.82, 2.24) is 4.98 Å².